The molecule has 0 aliphatic heterocycles. The third-order valence-electron chi connectivity index (χ3n) is 2.81. The van der Waals surface area contributed by atoms with E-state index in [0.29, 0.717) is 24.5 Å². The molecule has 18 heavy (non-hydrogen) atoms. The maximum Gasteiger partial charge on any atom is 0.315 e. The maximum atomic E-state index is 5.49. The average molecular weight is 264 g/mol. The van der Waals surface area contributed by atoms with Gasteiger partial charge in [0.05, 0.1) is 6.54 Å². The van der Waals surface area contributed by atoms with Crippen LogP contribution in [0.3, 0.4) is 0 Å². The Morgan fingerprint density at radius 3 is 3.11 bits per heavy atom. The lowest BCUT2D eigenvalue weighted by atomic mass is 10.3. The fraction of sp³-hybridized carbons (Fsp3) is 0.500. The number of nitrogens with one attached hydrogen (secondary N) is 2. The molecule has 0 spiro atoms. The summed E-state index contributed by atoms with van der Waals surface area (Å²) in [5.74, 6) is 0.653. The second kappa shape index (κ2) is 5.49. The highest BCUT2D eigenvalue weighted by Crippen LogP contribution is 2.19. The molecule has 0 bridgehead atoms. The van der Waals surface area contributed by atoms with Crippen LogP contribution >= 0.6 is 11.3 Å². The van der Waals surface area contributed by atoms with Gasteiger partial charge in [0.15, 0.2) is 0 Å². The molecule has 6 heteroatoms. The number of anilines is 1. The molecule has 1 aliphatic carbocycles. The van der Waals surface area contributed by atoms with Gasteiger partial charge in [0, 0.05) is 17.5 Å². The summed E-state index contributed by atoms with van der Waals surface area (Å²) in [6, 6.07) is 5.37. The van der Waals surface area contributed by atoms with Gasteiger partial charge in [0.2, 0.25) is 5.89 Å². The van der Waals surface area contributed by atoms with Crippen LogP contribution in [0.25, 0.3) is 0 Å². The normalized spacial score (nSPS) is 14.9. The third kappa shape index (κ3) is 3.30. The number of nitrogens with zero attached hydrogens (tertiary/aromatic N) is 2. The van der Waals surface area contributed by atoms with E-state index < -0.39 is 0 Å². The fourth-order valence-electron chi connectivity index (χ4n) is 1.66. The number of thiophene rings is 1. The van der Waals surface area contributed by atoms with E-state index in [1.165, 1.54) is 17.7 Å². The van der Waals surface area contributed by atoms with Gasteiger partial charge in [-0.25, -0.2) is 0 Å². The first-order valence-corrected chi connectivity index (χ1v) is 7.10. The Bertz CT molecular complexity index is 478. The second-order valence-electron chi connectivity index (χ2n) is 4.41. The van der Waals surface area contributed by atoms with Crippen molar-refractivity contribution >= 4 is 17.4 Å². The zero-order valence-electron chi connectivity index (χ0n) is 10.1. The molecule has 2 heterocycles. The van der Waals surface area contributed by atoms with Crippen LogP contribution in [0.4, 0.5) is 6.01 Å². The van der Waals surface area contributed by atoms with Gasteiger partial charge >= 0.3 is 6.01 Å². The number of rotatable bonds is 7. The molecule has 0 aromatic carbocycles. The molecule has 1 fully saturated rings. The largest absolute Gasteiger partial charge is 0.407 e. The highest BCUT2D eigenvalue weighted by molar-refractivity contribution is 7.09. The van der Waals surface area contributed by atoms with E-state index in [-0.39, 0.29) is 0 Å². The standard InChI is InChI=1S/C12H16N4OS/c1-2-10(18-7-1)5-6-13-12-16-15-11(17-12)8-14-9-3-4-9/h1-2,7,9,14H,3-6,8H2,(H,13,16). The summed E-state index contributed by atoms with van der Waals surface area (Å²) in [5.41, 5.74) is 0. The molecule has 0 atom stereocenters. The number of hydrogen-bond acceptors (Lipinski definition) is 6. The monoisotopic (exact) mass is 264 g/mol. The van der Waals surface area contributed by atoms with Gasteiger partial charge in [-0.3, -0.25) is 0 Å². The lowest BCUT2D eigenvalue weighted by Crippen LogP contribution is -2.15. The minimum absolute atomic E-state index is 0.513. The Kier molecular flexibility index (Phi) is 3.56. The van der Waals surface area contributed by atoms with Crippen molar-refractivity contribution in [3.8, 4) is 0 Å². The van der Waals surface area contributed by atoms with Crippen LogP contribution in [0.1, 0.15) is 23.6 Å². The van der Waals surface area contributed by atoms with Crippen molar-refractivity contribution in [3.05, 3.63) is 28.3 Å². The quantitative estimate of drug-likeness (QED) is 0.801. The molecule has 1 saturated carbocycles. The molecule has 5 nitrogen and oxygen atoms in total. The lowest BCUT2D eigenvalue weighted by Gasteiger charge is -1.99. The zero-order chi connectivity index (χ0) is 12.2. The summed E-state index contributed by atoms with van der Waals surface area (Å²) in [4.78, 5) is 1.36. The summed E-state index contributed by atoms with van der Waals surface area (Å²) in [6.45, 7) is 1.49. The van der Waals surface area contributed by atoms with E-state index in [9.17, 15) is 0 Å². The molecule has 3 rings (SSSR count). The average Bonchev–Trinajstić information content (AvgIpc) is 2.89. The predicted octanol–water partition coefficient (Wildman–Crippen LogP) is 2.04. The second-order valence-corrected chi connectivity index (χ2v) is 5.44. The van der Waals surface area contributed by atoms with Crippen LogP contribution in [-0.4, -0.2) is 22.8 Å². The van der Waals surface area contributed by atoms with Crippen molar-refractivity contribution in [3.63, 3.8) is 0 Å². The SMILES string of the molecule is c1csc(CCNc2nnc(CNC3CC3)o2)c1. The molecule has 2 aromatic rings. The molecular weight excluding hydrogens is 248 g/mol. The zero-order valence-corrected chi connectivity index (χ0v) is 10.9. The van der Waals surface area contributed by atoms with Crippen molar-refractivity contribution in [2.24, 2.45) is 0 Å². The van der Waals surface area contributed by atoms with Crippen molar-refractivity contribution in [2.75, 3.05) is 11.9 Å². The van der Waals surface area contributed by atoms with Crippen LogP contribution < -0.4 is 10.6 Å². The molecule has 0 radical (unpaired) electrons. The Balaban J connectivity index is 1.41. The summed E-state index contributed by atoms with van der Waals surface area (Å²) in [5, 5.41) is 16.5. The predicted molar refractivity (Wildman–Crippen MR) is 70.7 cm³/mol. The van der Waals surface area contributed by atoms with Crippen LogP contribution in [0.2, 0.25) is 0 Å². The van der Waals surface area contributed by atoms with Gasteiger partial charge in [-0.15, -0.1) is 16.4 Å². The van der Waals surface area contributed by atoms with E-state index in [4.69, 9.17) is 4.42 Å². The highest BCUT2D eigenvalue weighted by atomic mass is 32.1. The highest BCUT2D eigenvalue weighted by Gasteiger charge is 2.21. The number of hydrogen-bond donors (Lipinski definition) is 2. The van der Waals surface area contributed by atoms with Gasteiger partial charge in [0.1, 0.15) is 0 Å². The number of aromatic nitrogens is 2. The topological polar surface area (TPSA) is 63.0 Å². The van der Waals surface area contributed by atoms with Crippen LogP contribution in [0, 0.1) is 0 Å². The first kappa shape index (κ1) is 11.7. The smallest absolute Gasteiger partial charge is 0.315 e. The molecule has 0 unspecified atom stereocenters. The van der Waals surface area contributed by atoms with Crippen molar-refractivity contribution in [1.82, 2.24) is 15.5 Å². The van der Waals surface area contributed by atoms with E-state index in [0.717, 1.165) is 13.0 Å². The van der Waals surface area contributed by atoms with Crippen molar-refractivity contribution < 1.29 is 4.42 Å². The molecule has 2 aromatic heterocycles. The third-order valence-corrected chi connectivity index (χ3v) is 3.75. The van der Waals surface area contributed by atoms with Crippen molar-refractivity contribution in [1.29, 1.82) is 0 Å². The Hall–Kier alpha value is -1.40. The summed E-state index contributed by atoms with van der Waals surface area (Å²) >= 11 is 1.76. The van der Waals surface area contributed by atoms with E-state index in [1.54, 1.807) is 11.3 Å². The first-order chi connectivity index (χ1) is 8.90. The van der Waals surface area contributed by atoms with Gasteiger partial charge < -0.3 is 15.1 Å². The van der Waals surface area contributed by atoms with Gasteiger partial charge in [-0.1, -0.05) is 11.2 Å². The Labute approximate surface area is 110 Å². The van der Waals surface area contributed by atoms with Gasteiger partial charge in [0.25, 0.3) is 0 Å². The molecular formula is C12H16N4OS. The van der Waals surface area contributed by atoms with E-state index in [1.807, 2.05) is 0 Å². The van der Waals surface area contributed by atoms with Crippen LogP contribution in [-0.2, 0) is 13.0 Å². The van der Waals surface area contributed by atoms with Crippen molar-refractivity contribution in [2.45, 2.75) is 31.8 Å². The molecule has 0 saturated heterocycles. The summed E-state index contributed by atoms with van der Waals surface area (Å²) in [7, 11) is 0. The Morgan fingerprint density at radius 1 is 1.39 bits per heavy atom. The molecule has 1 aliphatic rings. The van der Waals surface area contributed by atoms with E-state index >= 15 is 0 Å². The van der Waals surface area contributed by atoms with Crippen LogP contribution in [0.15, 0.2) is 21.9 Å². The maximum absolute atomic E-state index is 5.49. The Morgan fingerprint density at radius 2 is 2.33 bits per heavy atom. The molecule has 96 valence electrons. The van der Waals surface area contributed by atoms with E-state index in [2.05, 4.69) is 38.3 Å². The fourth-order valence-corrected chi connectivity index (χ4v) is 2.37. The first-order valence-electron chi connectivity index (χ1n) is 6.22. The van der Waals surface area contributed by atoms with Gasteiger partial charge in [-0.05, 0) is 30.7 Å². The minimum Gasteiger partial charge on any atom is -0.407 e. The van der Waals surface area contributed by atoms with Crippen LogP contribution in [0.5, 0.6) is 0 Å². The molecule has 0 amide bonds. The summed E-state index contributed by atoms with van der Waals surface area (Å²) in [6.07, 6.45) is 3.51. The lowest BCUT2D eigenvalue weighted by molar-refractivity contribution is 0.476. The summed E-state index contributed by atoms with van der Waals surface area (Å²) < 4.78 is 5.49. The molecule has 2 N–H and O–H groups in total. The minimum atomic E-state index is 0.513. The van der Waals surface area contributed by atoms with Gasteiger partial charge in [-0.2, -0.15) is 0 Å².